The van der Waals surface area contributed by atoms with Crippen molar-refractivity contribution in [2.45, 2.75) is 13.0 Å². The molecule has 1 unspecified atom stereocenters. The van der Waals surface area contributed by atoms with Gasteiger partial charge in [-0.3, -0.25) is 0 Å². The zero-order valence-electron chi connectivity index (χ0n) is 7.36. The lowest BCUT2D eigenvalue weighted by atomic mass is 10.1. The van der Waals surface area contributed by atoms with Crippen LogP contribution in [0.1, 0.15) is 18.5 Å². The molecule has 0 saturated carbocycles. The van der Waals surface area contributed by atoms with Gasteiger partial charge in [0.1, 0.15) is 0 Å². The molecule has 1 aromatic rings. The first-order chi connectivity index (χ1) is 5.72. The maximum atomic E-state index is 5.84. The summed E-state index contributed by atoms with van der Waals surface area (Å²) in [4.78, 5) is 0. The van der Waals surface area contributed by atoms with Gasteiger partial charge in [0.25, 0.3) is 0 Å². The van der Waals surface area contributed by atoms with Crippen LogP contribution in [0, 0.1) is 0 Å². The molecule has 12 heavy (non-hydrogen) atoms. The maximum Gasteiger partial charge on any atom is 0.0750 e. The molecule has 1 heterocycles. The Bertz CT molecular complexity index is 269. The first kappa shape index (κ1) is 7.58. The van der Waals surface area contributed by atoms with E-state index in [1.807, 2.05) is 30.3 Å². The van der Waals surface area contributed by atoms with Crippen molar-refractivity contribution in [2.75, 3.05) is 12.2 Å². The second-order valence-corrected chi connectivity index (χ2v) is 3.15. The van der Waals surface area contributed by atoms with Gasteiger partial charge in [0.2, 0.25) is 0 Å². The number of nitrogens with zero attached hydrogens (tertiary/aromatic N) is 2. The highest BCUT2D eigenvalue weighted by molar-refractivity contribution is 5.56. The standard InChI is InChI=1S/C9H13N3/c1-7-8-5-3-4-6-9(8)12(10)11(7)2/h3-7H,10H2,1-2H3. The summed E-state index contributed by atoms with van der Waals surface area (Å²) in [6.45, 7) is 2.14. The van der Waals surface area contributed by atoms with Gasteiger partial charge in [-0.2, -0.15) is 0 Å². The number of nitrogens with two attached hydrogens (primary N) is 1. The fourth-order valence-electron chi connectivity index (χ4n) is 1.61. The van der Waals surface area contributed by atoms with Crippen molar-refractivity contribution in [3.63, 3.8) is 0 Å². The second-order valence-electron chi connectivity index (χ2n) is 3.15. The van der Waals surface area contributed by atoms with E-state index in [0.717, 1.165) is 5.69 Å². The van der Waals surface area contributed by atoms with Gasteiger partial charge in [0.05, 0.1) is 11.7 Å². The Balaban J connectivity index is 2.52. The molecule has 0 amide bonds. The van der Waals surface area contributed by atoms with E-state index < -0.39 is 0 Å². The minimum atomic E-state index is 0.381. The Labute approximate surface area is 72.3 Å². The van der Waals surface area contributed by atoms with E-state index in [4.69, 9.17) is 5.84 Å². The van der Waals surface area contributed by atoms with Crippen LogP contribution in [0.4, 0.5) is 5.69 Å². The second kappa shape index (κ2) is 2.47. The first-order valence-corrected chi connectivity index (χ1v) is 4.08. The largest absolute Gasteiger partial charge is 0.241 e. The molecule has 2 N–H and O–H groups in total. The zero-order valence-corrected chi connectivity index (χ0v) is 7.36. The van der Waals surface area contributed by atoms with Crippen LogP contribution in [-0.4, -0.2) is 12.1 Å². The Hall–Kier alpha value is -1.06. The van der Waals surface area contributed by atoms with Crippen LogP contribution in [0.25, 0.3) is 0 Å². The highest BCUT2D eigenvalue weighted by Crippen LogP contribution is 2.35. The molecule has 3 nitrogen and oxygen atoms in total. The average Bonchev–Trinajstić information content (AvgIpc) is 2.33. The van der Waals surface area contributed by atoms with Crippen molar-refractivity contribution in [1.82, 2.24) is 5.01 Å². The van der Waals surface area contributed by atoms with E-state index >= 15 is 0 Å². The third-order valence-corrected chi connectivity index (χ3v) is 2.53. The highest BCUT2D eigenvalue weighted by Gasteiger charge is 2.27. The molecule has 64 valence electrons. The van der Waals surface area contributed by atoms with Crippen LogP contribution in [0.2, 0.25) is 0 Å². The van der Waals surface area contributed by atoms with E-state index in [0.29, 0.717) is 6.04 Å². The normalized spacial score (nSPS) is 22.9. The summed E-state index contributed by atoms with van der Waals surface area (Å²) in [5, 5.41) is 3.71. The monoisotopic (exact) mass is 163 g/mol. The number of hydrogen-bond acceptors (Lipinski definition) is 3. The number of hydrazine groups is 2. The molecule has 0 spiro atoms. The molecule has 0 fully saturated rings. The number of fused-ring (bicyclic) bond motifs is 1. The quantitative estimate of drug-likeness (QED) is 0.585. The van der Waals surface area contributed by atoms with Crippen molar-refractivity contribution >= 4 is 5.69 Å². The minimum absolute atomic E-state index is 0.381. The van der Waals surface area contributed by atoms with Gasteiger partial charge in [0, 0.05) is 7.05 Å². The molecule has 1 aromatic carbocycles. The lowest BCUT2D eigenvalue weighted by molar-refractivity contribution is 0.266. The number of benzene rings is 1. The Morgan fingerprint density at radius 3 is 2.67 bits per heavy atom. The van der Waals surface area contributed by atoms with E-state index in [9.17, 15) is 0 Å². The Kier molecular flexibility index (Phi) is 1.56. The lowest BCUT2D eigenvalue weighted by Crippen LogP contribution is -2.41. The summed E-state index contributed by atoms with van der Waals surface area (Å²) < 4.78 is 0. The summed E-state index contributed by atoms with van der Waals surface area (Å²) in [6.07, 6.45) is 0. The molecule has 3 heteroatoms. The van der Waals surface area contributed by atoms with Gasteiger partial charge in [-0.15, -0.1) is 0 Å². The third-order valence-electron chi connectivity index (χ3n) is 2.53. The number of anilines is 1. The zero-order chi connectivity index (χ0) is 8.72. The highest BCUT2D eigenvalue weighted by atomic mass is 15.8. The van der Waals surface area contributed by atoms with Crippen molar-refractivity contribution in [2.24, 2.45) is 5.84 Å². The first-order valence-electron chi connectivity index (χ1n) is 4.08. The van der Waals surface area contributed by atoms with Crippen LogP contribution in [0.3, 0.4) is 0 Å². The van der Waals surface area contributed by atoms with Gasteiger partial charge in [-0.05, 0) is 18.6 Å². The van der Waals surface area contributed by atoms with Crippen LogP contribution in [-0.2, 0) is 0 Å². The van der Waals surface area contributed by atoms with Crippen molar-refractivity contribution in [3.8, 4) is 0 Å². The Morgan fingerprint density at radius 2 is 2.00 bits per heavy atom. The molecule has 1 atom stereocenters. The van der Waals surface area contributed by atoms with Gasteiger partial charge in [-0.1, -0.05) is 18.2 Å². The number of para-hydroxylation sites is 1. The topological polar surface area (TPSA) is 32.5 Å². The fourth-order valence-corrected chi connectivity index (χ4v) is 1.61. The van der Waals surface area contributed by atoms with Crippen LogP contribution in [0.5, 0.6) is 0 Å². The van der Waals surface area contributed by atoms with Gasteiger partial charge in [-0.25, -0.2) is 16.0 Å². The van der Waals surface area contributed by atoms with Crippen molar-refractivity contribution in [1.29, 1.82) is 0 Å². The lowest BCUT2D eigenvalue weighted by Gasteiger charge is -2.23. The number of hydrogen-bond donors (Lipinski definition) is 1. The molecule has 2 rings (SSSR count). The average molecular weight is 163 g/mol. The summed E-state index contributed by atoms with van der Waals surface area (Å²) in [5.41, 5.74) is 2.40. The summed E-state index contributed by atoms with van der Waals surface area (Å²) in [7, 11) is 1.99. The summed E-state index contributed by atoms with van der Waals surface area (Å²) in [5.74, 6) is 5.84. The molecule has 1 aliphatic heterocycles. The molecule has 0 saturated heterocycles. The van der Waals surface area contributed by atoms with Crippen LogP contribution in [0.15, 0.2) is 24.3 Å². The Morgan fingerprint density at radius 1 is 1.33 bits per heavy atom. The van der Waals surface area contributed by atoms with Gasteiger partial charge < -0.3 is 0 Å². The third kappa shape index (κ3) is 0.838. The summed E-state index contributed by atoms with van der Waals surface area (Å²) in [6, 6.07) is 8.58. The van der Waals surface area contributed by atoms with E-state index in [1.54, 1.807) is 5.12 Å². The van der Waals surface area contributed by atoms with E-state index in [2.05, 4.69) is 13.0 Å². The van der Waals surface area contributed by atoms with E-state index in [1.165, 1.54) is 5.56 Å². The molecular weight excluding hydrogens is 150 g/mol. The molecule has 0 bridgehead atoms. The molecule has 1 aliphatic rings. The SMILES string of the molecule is CC1c2ccccc2N(N)N1C. The van der Waals surface area contributed by atoms with Crippen molar-refractivity contribution < 1.29 is 0 Å². The van der Waals surface area contributed by atoms with Crippen LogP contribution < -0.4 is 11.0 Å². The fraction of sp³-hybridized carbons (Fsp3) is 0.333. The minimum Gasteiger partial charge on any atom is -0.241 e. The van der Waals surface area contributed by atoms with Gasteiger partial charge in [0.15, 0.2) is 0 Å². The molecule has 0 aromatic heterocycles. The number of rotatable bonds is 0. The van der Waals surface area contributed by atoms with Crippen molar-refractivity contribution in [3.05, 3.63) is 29.8 Å². The predicted molar refractivity (Wildman–Crippen MR) is 49.3 cm³/mol. The molecule has 0 radical (unpaired) electrons. The summed E-state index contributed by atoms with van der Waals surface area (Å²) >= 11 is 0. The van der Waals surface area contributed by atoms with Crippen LogP contribution >= 0.6 is 0 Å². The van der Waals surface area contributed by atoms with E-state index in [-0.39, 0.29) is 0 Å². The predicted octanol–water partition coefficient (Wildman–Crippen LogP) is 1.29. The smallest absolute Gasteiger partial charge is 0.0750 e. The van der Waals surface area contributed by atoms with Gasteiger partial charge >= 0.3 is 0 Å². The maximum absolute atomic E-state index is 5.84. The molecular formula is C9H13N3. The molecule has 0 aliphatic carbocycles.